The molecule has 1 unspecified atom stereocenters. The number of ether oxygens (including phenoxy) is 1. The quantitative estimate of drug-likeness (QED) is 0.749. The Labute approximate surface area is 87.4 Å². The molecule has 0 amide bonds. The van der Waals surface area contributed by atoms with Gasteiger partial charge in [0.1, 0.15) is 0 Å². The van der Waals surface area contributed by atoms with Crippen molar-refractivity contribution in [1.82, 2.24) is 5.32 Å². The van der Waals surface area contributed by atoms with Gasteiger partial charge in [-0.3, -0.25) is 0 Å². The van der Waals surface area contributed by atoms with E-state index in [1.807, 2.05) is 0 Å². The van der Waals surface area contributed by atoms with Crippen molar-refractivity contribution in [3.63, 3.8) is 0 Å². The minimum atomic E-state index is 0.450. The Balaban J connectivity index is 1.77. The molecule has 1 atom stereocenters. The average molecular weight is 197 g/mol. The third kappa shape index (κ3) is 1.49. The zero-order chi connectivity index (χ0) is 10.4. The number of hydrogen-bond donors (Lipinski definition) is 1. The van der Waals surface area contributed by atoms with E-state index < -0.39 is 0 Å². The first-order valence-corrected chi connectivity index (χ1v) is 5.81. The molecule has 2 nitrogen and oxygen atoms in total. The van der Waals surface area contributed by atoms with Crippen LogP contribution in [0.4, 0.5) is 0 Å². The van der Waals surface area contributed by atoms with Crippen LogP contribution in [0.25, 0.3) is 0 Å². The first-order chi connectivity index (χ1) is 6.46. The summed E-state index contributed by atoms with van der Waals surface area (Å²) in [7, 11) is 0. The van der Waals surface area contributed by atoms with Crippen LogP contribution < -0.4 is 5.32 Å². The third-order valence-corrected chi connectivity index (χ3v) is 4.59. The summed E-state index contributed by atoms with van der Waals surface area (Å²) in [5.41, 5.74) is 0.900. The van der Waals surface area contributed by atoms with Crippen LogP contribution in [-0.4, -0.2) is 25.3 Å². The monoisotopic (exact) mass is 197 g/mol. The molecule has 1 saturated carbocycles. The van der Waals surface area contributed by atoms with Crippen LogP contribution in [0.2, 0.25) is 0 Å². The number of hydrogen-bond acceptors (Lipinski definition) is 2. The molecule has 2 fully saturated rings. The van der Waals surface area contributed by atoms with Gasteiger partial charge in [0.05, 0.1) is 6.10 Å². The molecule has 1 heterocycles. The maximum atomic E-state index is 5.60. The normalized spacial score (nSPS) is 34.7. The van der Waals surface area contributed by atoms with Crippen LogP contribution in [0.5, 0.6) is 0 Å². The summed E-state index contributed by atoms with van der Waals surface area (Å²) in [5, 5.41) is 3.65. The molecule has 2 heteroatoms. The highest BCUT2D eigenvalue weighted by Crippen LogP contribution is 2.62. The standard InChI is InChI=1S/C12H23NO/c1-11(2)10(12(11,3)4)13-8-9-6-5-7-14-9/h9-10,13H,5-8H2,1-4H3. The topological polar surface area (TPSA) is 21.3 Å². The number of nitrogens with one attached hydrogen (secondary N) is 1. The lowest BCUT2D eigenvalue weighted by atomic mass is 10.0. The Morgan fingerprint density at radius 1 is 1.21 bits per heavy atom. The summed E-state index contributed by atoms with van der Waals surface area (Å²) < 4.78 is 5.60. The van der Waals surface area contributed by atoms with Crippen LogP contribution >= 0.6 is 0 Å². The summed E-state index contributed by atoms with van der Waals surface area (Å²) in [6, 6.07) is 0.666. The summed E-state index contributed by atoms with van der Waals surface area (Å²) in [5.74, 6) is 0. The van der Waals surface area contributed by atoms with Gasteiger partial charge < -0.3 is 10.1 Å². The first-order valence-electron chi connectivity index (χ1n) is 5.81. The van der Waals surface area contributed by atoms with E-state index in [4.69, 9.17) is 4.74 Å². The Morgan fingerprint density at radius 2 is 1.86 bits per heavy atom. The molecule has 0 spiro atoms. The molecule has 0 aromatic heterocycles. The van der Waals surface area contributed by atoms with Crippen LogP contribution in [0.1, 0.15) is 40.5 Å². The van der Waals surface area contributed by atoms with E-state index in [2.05, 4.69) is 33.0 Å². The van der Waals surface area contributed by atoms with E-state index in [1.165, 1.54) is 12.8 Å². The largest absolute Gasteiger partial charge is 0.377 e. The molecule has 0 radical (unpaired) electrons. The predicted octanol–water partition coefficient (Wildman–Crippen LogP) is 2.19. The first kappa shape index (κ1) is 10.4. The van der Waals surface area contributed by atoms with E-state index >= 15 is 0 Å². The fourth-order valence-corrected chi connectivity index (χ4v) is 2.76. The van der Waals surface area contributed by atoms with Gasteiger partial charge in [-0.05, 0) is 23.7 Å². The highest BCUT2D eigenvalue weighted by molar-refractivity contribution is 5.17. The van der Waals surface area contributed by atoms with Gasteiger partial charge in [0.2, 0.25) is 0 Å². The van der Waals surface area contributed by atoms with E-state index in [0.717, 1.165) is 13.2 Å². The van der Waals surface area contributed by atoms with Crippen molar-refractivity contribution >= 4 is 0 Å². The second-order valence-electron chi connectivity index (χ2n) is 5.92. The van der Waals surface area contributed by atoms with E-state index in [1.54, 1.807) is 0 Å². The van der Waals surface area contributed by atoms with E-state index in [-0.39, 0.29) is 0 Å². The zero-order valence-electron chi connectivity index (χ0n) is 9.89. The van der Waals surface area contributed by atoms with Gasteiger partial charge in [-0.2, -0.15) is 0 Å². The summed E-state index contributed by atoms with van der Waals surface area (Å²) in [6.45, 7) is 11.4. The lowest BCUT2D eigenvalue weighted by Crippen LogP contribution is -2.31. The smallest absolute Gasteiger partial charge is 0.0700 e. The molecule has 14 heavy (non-hydrogen) atoms. The van der Waals surface area contributed by atoms with Gasteiger partial charge in [0.15, 0.2) is 0 Å². The Morgan fingerprint density at radius 3 is 2.29 bits per heavy atom. The van der Waals surface area contributed by atoms with Crippen molar-refractivity contribution < 1.29 is 4.74 Å². The average Bonchev–Trinajstić information content (AvgIpc) is 2.54. The zero-order valence-corrected chi connectivity index (χ0v) is 9.89. The molecule has 82 valence electrons. The third-order valence-electron chi connectivity index (χ3n) is 4.59. The highest BCUT2D eigenvalue weighted by atomic mass is 16.5. The van der Waals surface area contributed by atoms with Crippen molar-refractivity contribution in [2.45, 2.75) is 52.7 Å². The molecule has 0 bridgehead atoms. The highest BCUT2D eigenvalue weighted by Gasteiger charge is 2.64. The Hall–Kier alpha value is -0.0800. The summed E-state index contributed by atoms with van der Waals surface area (Å²) in [4.78, 5) is 0. The molecule has 2 aliphatic rings. The Kier molecular flexibility index (Phi) is 2.39. The molecule has 0 aromatic rings. The van der Waals surface area contributed by atoms with Gasteiger partial charge in [-0.25, -0.2) is 0 Å². The van der Waals surface area contributed by atoms with E-state index in [0.29, 0.717) is 23.0 Å². The van der Waals surface area contributed by atoms with Gasteiger partial charge in [0, 0.05) is 19.2 Å². The second kappa shape index (κ2) is 3.21. The Bertz CT molecular complexity index is 202. The van der Waals surface area contributed by atoms with Gasteiger partial charge >= 0.3 is 0 Å². The molecule has 1 aliphatic carbocycles. The minimum Gasteiger partial charge on any atom is -0.377 e. The van der Waals surface area contributed by atoms with Crippen LogP contribution in [0, 0.1) is 10.8 Å². The van der Waals surface area contributed by atoms with E-state index in [9.17, 15) is 0 Å². The fraction of sp³-hybridized carbons (Fsp3) is 1.00. The number of rotatable bonds is 3. The molecule has 1 saturated heterocycles. The van der Waals surface area contributed by atoms with Crippen molar-refractivity contribution in [3.05, 3.63) is 0 Å². The maximum absolute atomic E-state index is 5.60. The van der Waals surface area contributed by atoms with Crippen LogP contribution in [0.3, 0.4) is 0 Å². The van der Waals surface area contributed by atoms with Crippen molar-refractivity contribution in [2.24, 2.45) is 10.8 Å². The SMILES string of the molecule is CC1(C)C(NCC2CCCO2)C1(C)C. The fourth-order valence-electron chi connectivity index (χ4n) is 2.76. The molecular formula is C12H23NO. The van der Waals surface area contributed by atoms with Crippen molar-refractivity contribution in [2.75, 3.05) is 13.2 Å². The van der Waals surface area contributed by atoms with Crippen LogP contribution in [-0.2, 0) is 4.74 Å². The van der Waals surface area contributed by atoms with Gasteiger partial charge in [-0.15, -0.1) is 0 Å². The second-order valence-corrected chi connectivity index (χ2v) is 5.92. The molecule has 2 rings (SSSR count). The lowest BCUT2D eigenvalue weighted by Gasteiger charge is -2.11. The molecule has 0 aromatic carbocycles. The molecule has 1 aliphatic heterocycles. The van der Waals surface area contributed by atoms with Gasteiger partial charge in [-0.1, -0.05) is 27.7 Å². The summed E-state index contributed by atoms with van der Waals surface area (Å²) in [6.07, 6.45) is 2.95. The van der Waals surface area contributed by atoms with Crippen molar-refractivity contribution in [1.29, 1.82) is 0 Å². The van der Waals surface area contributed by atoms with Crippen LogP contribution in [0.15, 0.2) is 0 Å². The summed E-state index contributed by atoms with van der Waals surface area (Å²) >= 11 is 0. The van der Waals surface area contributed by atoms with Gasteiger partial charge in [0.25, 0.3) is 0 Å². The molecular weight excluding hydrogens is 174 g/mol. The maximum Gasteiger partial charge on any atom is 0.0700 e. The molecule has 1 N–H and O–H groups in total. The minimum absolute atomic E-state index is 0.450. The predicted molar refractivity (Wildman–Crippen MR) is 58.3 cm³/mol. The lowest BCUT2D eigenvalue weighted by molar-refractivity contribution is 0.108. The van der Waals surface area contributed by atoms with Crippen molar-refractivity contribution in [3.8, 4) is 0 Å².